The number of hydrogen-bond donors (Lipinski definition) is 1. The first-order chi connectivity index (χ1) is 23.4. The molecule has 1 amide bonds. The van der Waals surface area contributed by atoms with Gasteiger partial charge in [0.2, 0.25) is 5.91 Å². The third-order valence-electron chi connectivity index (χ3n) is 11.2. The summed E-state index contributed by atoms with van der Waals surface area (Å²) in [6, 6.07) is 19.2. The number of ether oxygens (including phenoxy) is 1. The highest BCUT2D eigenvalue weighted by atomic mass is 16.5. The van der Waals surface area contributed by atoms with Gasteiger partial charge in [0.1, 0.15) is 18.2 Å². The molecule has 4 fully saturated rings. The molecule has 2 unspecified atom stereocenters. The molecule has 1 aromatic heterocycles. The Bertz CT molecular complexity index is 1790. The number of phenolic OH excluding ortho intramolecular Hbond substituents is 1. The average molecular weight is 650 g/mol. The van der Waals surface area contributed by atoms with Crippen LogP contribution in [0, 0.1) is 0 Å². The van der Waals surface area contributed by atoms with Crippen LogP contribution in [0.2, 0.25) is 0 Å². The number of phenols is 1. The fourth-order valence-corrected chi connectivity index (χ4v) is 8.40. The van der Waals surface area contributed by atoms with E-state index in [9.17, 15) is 9.90 Å². The van der Waals surface area contributed by atoms with Crippen LogP contribution < -0.4 is 9.64 Å². The number of aromatic hydroxyl groups is 1. The van der Waals surface area contributed by atoms with E-state index in [2.05, 4.69) is 62.9 Å². The number of amides is 1. The summed E-state index contributed by atoms with van der Waals surface area (Å²) >= 11 is 0. The van der Waals surface area contributed by atoms with E-state index in [4.69, 9.17) is 14.7 Å². The Morgan fingerprint density at radius 1 is 0.896 bits per heavy atom. The second-order valence-corrected chi connectivity index (χ2v) is 14.3. The number of carbonyl (C=O) groups is 1. The molecule has 48 heavy (non-hydrogen) atoms. The first-order valence-electron chi connectivity index (χ1n) is 17.7. The summed E-state index contributed by atoms with van der Waals surface area (Å²) in [5.41, 5.74) is 2.76. The van der Waals surface area contributed by atoms with E-state index in [0.29, 0.717) is 31.0 Å². The number of benzene rings is 3. The van der Waals surface area contributed by atoms with Crippen LogP contribution >= 0.6 is 0 Å². The van der Waals surface area contributed by atoms with Crippen LogP contribution in [0.15, 0.2) is 54.6 Å². The van der Waals surface area contributed by atoms with Crippen molar-refractivity contribution >= 4 is 33.4 Å². The number of hydrogen-bond acceptors (Lipinski definition) is 9. The number of nitrogens with zero attached hydrogens (tertiary/aromatic N) is 7. The smallest absolute Gasteiger partial charge is 0.319 e. The maximum Gasteiger partial charge on any atom is 0.319 e. The molecule has 8 rings (SSSR count). The lowest BCUT2D eigenvalue weighted by molar-refractivity contribution is -0.135. The zero-order chi connectivity index (χ0) is 32.8. The summed E-state index contributed by atoms with van der Waals surface area (Å²) in [5.74, 6) is 1.41. The molecule has 3 atom stereocenters. The minimum Gasteiger partial charge on any atom is -0.508 e. The number of carbonyl (C=O) groups excluding carboxylic acids is 1. The van der Waals surface area contributed by atoms with Crippen LogP contribution in [0.25, 0.3) is 32.8 Å². The largest absolute Gasteiger partial charge is 0.508 e. The van der Waals surface area contributed by atoms with Gasteiger partial charge in [0, 0.05) is 75.7 Å². The topological polar surface area (TPSA) is 88.5 Å². The molecule has 0 spiro atoms. The van der Waals surface area contributed by atoms with Gasteiger partial charge in [0.15, 0.2) is 0 Å². The zero-order valence-corrected chi connectivity index (χ0v) is 28.2. The Morgan fingerprint density at radius 2 is 1.69 bits per heavy atom. The summed E-state index contributed by atoms with van der Waals surface area (Å²) in [7, 11) is 4.32. The van der Waals surface area contributed by atoms with E-state index in [1.54, 1.807) is 6.07 Å². The van der Waals surface area contributed by atoms with Crippen molar-refractivity contribution in [2.24, 2.45) is 0 Å². The van der Waals surface area contributed by atoms with Crippen molar-refractivity contribution in [2.45, 2.75) is 50.2 Å². The minimum absolute atomic E-state index is 0.184. The van der Waals surface area contributed by atoms with Crippen LogP contribution in [0.4, 0.5) is 5.82 Å². The van der Waals surface area contributed by atoms with E-state index < -0.39 is 0 Å². The van der Waals surface area contributed by atoms with Crippen molar-refractivity contribution < 1.29 is 14.6 Å². The van der Waals surface area contributed by atoms with Crippen molar-refractivity contribution in [3.05, 3.63) is 54.6 Å². The first-order valence-corrected chi connectivity index (χ1v) is 17.7. The molecule has 10 heteroatoms. The summed E-state index contributed by atoms with van der Waals surface area (Å²) in [6.07, 6.45) is 4.93. The summed E-state index contributed by atoms with van der Waals surface area (Å²) in [4.78, 5) is 35.3. The number of aromatic nitrogens is 2. The maximum absolute atomic E-state index is 13.6. The first kappa shape index (κ1) is 31.3. The van der Waals surface area contributed by atoms with Gasteiger partial charge in [-0.1, -0.05) is 30.3 Å². The fourth-order valence-electron chi connectivity index (χ4n) is 8.40. The number of fused-ring (bicyclic) bond motifs is 4. The molecule has 0 saturated carbocycles. The predicted molar refractivity (Wildman–Crippen MR) is 190 cm³/mol. The third-order valence-corrected chi connectivity index (χ3v) is 11.2. The van der Waals surface area contributed by atoms with Crippen molar-refractivity contribution in [1.82, 2.24) is 29.6 Å². The fraction of sp³-hybridized carbons (Fsp3) is 0.500. The molecule has 4 aliphatic heterocycles. The van der Waals surface area contributed by atoms with Gasteiger partial charge in [-0.15, -0.1) is 0 Å². The summed E-state index contributed by atoms with van der Waals surface area (Å²) < 4.78 is 6.36. The van der Waals surface area contributed by atoms with E-state index in [1.165, 1.54) is 6.42 Å². The van der Waals surface area contributed by atoms with Crippen molar-refractivity contribution in [2.75, 3.05) is 78.0 Å². The van der Waals surface area contributed by atoms with Gasteiger partial charge in [0.25, 0.3) is 0 Å². The molecule has 252 valence electrons. The Hall–Kier alpha value is -3.99. The molecule has 0 radical (unpaired) electrons. The van der Waals surface area contributed by atoms with E-state index in [0.717, 1.165) is 110 Å². The number of likely N-dealkylation sites (N-methyl/N-ethyl adjacent to an activating group) is 2. The Labute approximate surface area is 282 Å². The van der Waals surface area contributed by atoms with Gasteiger partial charge < -0.3 is 34.3 Å². The van der Waals surface area contributed by atoms with Gasteiger partial charge in [-0.2, -0.15) is 9.97 Å². The molecule has 4 aromatic rings. The Morgan fingerprint density at radius 3 is 2.46 bits per heavy atom. The molecule has 4 saturated heterocycles. The summed E-state index contributed by atoms with van der Waals surface area (Å²) in [6.45, 7) is 8.21. The van der Waals surface area contributed by atoms with Crippen molar-refractivity contribution in [3.63, 3.8) is 0 Å². The number of anilines is 1. The van der Waals surface area contributed by atoms with Crippen LogP contribution in [0.5, 0.6) is 11.8 Å². The van der Waals surface area contributed by atoms with E-state index >= 15 is 0 Å². The molecule has 2 bridgehead atoms. The molecule has 5 heterocycles. The van der Waals surface area contributed by atoms with Gasteiger partial charge in [-0.25, -0.2) is 0 Å². The monoisotopic (exact) mass is 649 g/mol. The van der Waals surface area contributed by atoms with E-state index in [1.807, 2.05) is 24.3 Å². The number of rotatable bonds is 8. The van der Waals surface area contributed by atoms with Gasteiger partial charge in [0.05, 0.1) is 5.52 Å². The average Bonchev–Trinajstić information content (AvgIpc) is 3.63. The maximum atomic E-state index is 13.6. The molecule has 0 aliphatic carbocycles. The highest BCUT2D eigenvalue weighted by molar-refractivity contribution is 6.01. The van der Waals surface area contributed by atoms with E-state index in [-0.39, 0.29) is 17.8 Å². The lowest BCUT2D eigenvalue weighted by atomic mass is 9.97. The van der Waals surface area contributed by atoms with Gasteiger partial charge in [-0.3, -0.25) is 4.79 Å². The van der Waals surface area contributed by atoms with Gasteiger partial charge in [-0.05, 0) is 92.5 Å². The standard InChI is InChI=1S/C38H47N7O3/c1-41-16-18-43(19-17-41)15-13-36(47)45-28-10-11-29(45)24-44(23-28)37-33-12-9-27(34-22-31(46)20-26-6-3-4-8-32(26)34)21-35(33)39-38(40-37)48-25-30-7-5-14-42(30)2/h3-4,6,8-9,12,20-22,28-30,46H,5,7,10-11,13-19,23-25H2,1-2H3/t28?,29?,30-/m0/s1. The molecule has 3 aromatic carbocycles. The third kappa shape index (κ3) is 6.17. The van der Waals surface area contributed by atoms with Crippen LogP contribution in [-0.4, -0.2) is 132 Å². The molecular weight excluding hydrogens is 602 g/mol. The second kappa shape index (κ2) is 13.1. The number of likely N-dealkylation sites (tertiary alicyclic amines) is 1. The lowest BCUT2D eigenvalue weighted by Crippen LogP contribution is -2.56. The minimum atomic E-state index is 0.184. The molecular formula is C38H47N7O3. The highest BCUT2D eigenvalue weighted by Gasteiger charge is 2.43. The normalized spacial score (nSPS) is 23.8. The van der Waals surface area contributed by atoms with Crippen LogP contribution in [0.3, 0.4) is 0 Å². The zero-order valence-electron chi connectivity index (χ0n) is 28.2. The van der Waals surface area contributed by atoms with Crippen molar-refractivity contribution in [1.29, 1.82) is 0 Å². The Kier molecular flexibility index (Phi) is 8.56. The predicted octanol–water partition coefficient (Wildman–Crippen LogP) is 4.45. The van der Waals surface area contributed by atoms with Crippen molar-refractivity contribution in [3.8, 4) is 22.9 Å². The van der Waals surface area contributed by atoms with Crippen LogP contribution in [0.1, 0.15) is 32.1 Å². The van der Waals surface area contributed by atoms with Gasteiger partial charge >= 0.3 is 6.01 Å². The quantitative estimate of drug-likeness (QED) is 0.298. The molecule has 1 N–H and O–H groups in total. The SMILES string of the molecule is CN1CCN(CCC(=O)N2C3CCC2CN(c2nc(OC[C@@H]4CCCN4C)nc4cc(-c5cc(O)cc6ccccc56)ccc24)C3)CC1. The second-order valence-electron chi connectivity index (χ2n) is 14.3. The number of piperazine rings is 2. The van der Waals surface area contributed by atoms with Crippen LogP contribution in [-0.2, 0) is 4.79 Å². The molecule has 4 aliphatic rings. The Balaban J connectivity index is 1.08. The molecule has 10 nitrogen and oxygen atoms in total. The summed E-state index contributed by atoms with van der Waals surface area (Å²) in [5, 5.41) is 13.6. The highest BCUT2D eigenvalue weighted by Crippen LogP contribution is 2.38. The lowest BCUT2D eigenvalue weighted by Gasteiger charge is -2.42.